The van der Waals surface area contributed by atoms with Crippen molar-refractivity contribution in [3.8, 4) is 11.5 Å². The van der Waals surface area contributed by atoms with Gasteiger partial charge >= 0.3 is 6.16 Å². The van der Waals surface area contributed by atoms with E-state index in [4.69, 9.17) is 9.84 Å². The zero-order valence-electron chi connectivity index (χ0n) is 8.10. The van der Waals surface area contributed by atoms with Gasteiger partial charge in [-0.15, -0.1) is 0 Å². The molecule has 0 saturated carbocycles. The molecule has 1 N–H and O–H groups in total. The number of hydrogen-bond donors (Lipinski definition) is 1. The van der Waals surface area contributed by atoms with E-state index in [2.05, 4.69) is 4.74 Å². The molecule has 0 heterocycles. The van der Waals surface area contributed by atoms with E-state index >= 15 is 0 Å². The van der Waals surface area contributed by atoms with E-state index in [0.717, 1.165) is 0 Å². The number of carbonyl (C=O) groups is 2. The second-order valence-electron chi connectivity index (χ2n) is 2.63. The third kappa shape index (κ3) is 2.98. The minimum Gasteiger partial charge on any atom is -0.490 e. The number of benzene rings is 1. The number of hydrogen-bond acceptors (Lipinski definition) is 4. The molecule has 0 bridgehead atoms. The first kappa shape index (κ1) is 11.0. The van der Waals surface area contributed by atoms with E-state index in [-0.39, 0.29) is 11.5 Å². The molecule has 5 nitrogen and oxygen atoms in total. The predicted molar refractivity (Wildman–Crippen MR) is 51.7 cm³/mol. The highest BCUT2D eigenvalue weighted by molar-refractivity contribution is 5.77. The molecule has 0 unspecified atom stereocenters. The maximum atomic E-state index is 10.5. The number of aldehydes is 1. The van der Waals surface area contributed by atoms with Crippen molar-refractivity contribution < 1.29 is 24.2 Å². The van der Waals surface area contributed by atoms with Gasteiger partial charge in [-0.25, -0.2) is 4.79 Å². The molecular formula is C10H10O5. The summed E-state index contributed by atoms with van der Waals surface area (Å²) in [7, 11) is 0. The number of ether oxygens (including phenoxy) is 2. The molecule has 15 heavy (non-hydrogen) atoms. The van der Waals surface area contributed by atoms with Crippen LogP contribution in [-0.4, -0.2) is 24.2 Å². The fraction of sp³-hybridized carbons (Fsp3) is 0.200. The average molecular weight is 210 g/mol. The standard InChI is InChI=1S/C10H10O5/c1-2-14-9-5-7(6-11)3-4-8(9)15-10(12)13/h3-6H,2H2,1H3,(H,12,13). The highest BCUT2D eigenvalue weighted by Crippen LogP contribution is 2.28. The minimum atomic E-state index is -1.42. The van der Waals surface area contributed by atoms with Crippen LogP contribution in [0.5, 0.6) is 11.5 Å². The summed E-state index contributed by atoms with van der Waals surface area (Å²) in [5, 5.41) is 8.44. The molecule has 0 aliphatic heterocycles. The third-order valence-corrected chi connectivity index (χ3v) is 1.60. The Balaban J connectivity index is 3.02. The quantitative estimate of drug-likeness (QED) is 0.467. The summed E-state index contributed by atoms with van der Waals surface area (Å²) in [6, 6.07) is 4.26. The van der Waals surface area contributed by atoms with E-state index in [1.165, 1.54) is 18.2 Å². The molecule has 0 fully saturated rings. The van der Waals surface area contributed by atoms with Crippen LogP contribution in [0, 0.1) is 0 Å². The lowest BCUT2D eigenvalue weighted by molar-refractivity contribution is 0.112. The Kier molecular flexibility index (Phi) is 3.68. The van der Waals surface area contributed by atoms with E-state index in [1.807, 2.05) is 0 Å². The van der Waals surface area contributed by atoms with Crippen molar-refractivity contribution >= 4 is 12.4 Å². The van der Waals surface area contributed by atoms with Crippen molar-refractivity contribution in [1.29, 1.82) is 0 Å². The molecule has 0 atom stereocenters. The summed E-state index contributed by atoms with van der Waals surface area (Å²) in [5.74, 6) is 0.319. The second-order valence-corrected chi connectivity index (χ2v) is 2.63. The topological polar surface area (TPSA) is 72.8 Å². The molecule has 5 heteroatoms. The first-order chi connectivity index (χ1) is 7.17. The van der Waals surface area contributed by atoms with Crippen LogP contribution in [0.1, 0.15) is 17.3 Å². The van der Waals surface area contributed by atoms with Crippen LogP contribution in [-0.2, 0) is 0 Å². The Morgan fingerprint density at radius 1 is 1.47 bits per heavy atom. The fourth-order valence-electron chi connectivity index (χ4n) is 1.04. The minimum absolute atomic E-state index is 0.0787. The third-order valence-electron chi connectivity index (χ3n) is 1.60. The van der Waals surface area contributed by atoms with Crippen molar-refractivity contribution in [2.75, 3.05) is 6.61 Å². The van der Waals surface area contributed by atoms with Gasteiger partial charge in [0.25, 0.3) is 0 Å². The fourth-order valence-corrected chi connectivity index (χ4v) is 1.04. The van der Waals surface area contributed by atoms with Crippen molar-refractivity contribution in [1.82, 2.24) is 0 Å². The smallest absolute Gasteiger partial charge is 0.490 e. The summed E-state index contributed by atoms with van der Waals surface area (Å²) >= 11 is 0. The number of carbonyl (C=O) groups excluding carboxylic acids is 1. The van der Waals surface area contributed by atoms with E-state index in [9.17, 15) is 9.59 Å². The van der Waals surface area contributed by atoms with E-state index in [0.29, 0.717) is 18.5 Å². The largest absolute Gasteiger partial charge is 0.511 e. The van der Waals surface area contributed by atoms with Crippen LogP contribution in [0.15, 0.2) is 18.2 Å². The predicted octanol–water partition coefficient (Wildman–Crippen LogP) is 1.95. The summed E-state index contributed by atoms with van der Waals surface area (Å²) in [4.78, 5) is 20.8. The van der Waals surface area contributed by atoms with Crippen LogP contribution in [0.3, 0.4) is 0 Å². The van der Waals surface area contributed by atoms with E-state index < -0.39 is 6.16 Å². The summed E-state index contributed by atoms with van der Waals surface area (Å²) < 4.78 is 9.61. The zero-order chi connectivity index (χ0) is 11.3. The summed E-state index contributed by atoms with van der Waals surface area (Å²) in [6.07, 6.45) is -0.776. The Labute approximate surface area is 86.2 Å². The van der Waals surface area contributed by atoms with Crippen molar-refractivity contribution in [2.45, 2.75) is 6.92 Å². The molecule has 0 spiro atoms. The Bertz CT molecular complexity index is 372. The molecule has 1 rings (SSSR count). The van der Waals surface area contributed by atoms with Gasteiger partial charge in [0.05, 0.1) is 6.61 Å². The average Bonchev–Trinajstić information content (AvgIpc) is 2.20. The number of carboxylic acid groups (broad SMARTS) is 1. The van der Waals surface area contributed by atoms with Crippen molar-refractivity contribution in [3.05, 3.63) is 23.8 Å². The molecule has 1 aromatic carbocycles. The van der Waals surface area contributed by atoms with Gasteiger partial charge < -0.3 is 14.6 Å². The molecule has 0 aliphatic carbocycles. The summed E-state index contributed by atoms with van der Waals surface area (Å²) in [5.41, 5.74) is 0.399. The lowest BCUT2D eigenvalue weighted by Gasteiger charge is -2.08. The maximum absolute atomic E-state index is 10.5. The van der Waals surface area contributed by atoms with Gasteiger partial charge in [0.15, 0.2) is 11.5 Å². The molecule has 0 amide bonds. The van der Waals surface area contributed by atoms with Gasteiger partial charge in [0, 0.05) is 5.56 Å². The molecule has 1 aromatic rings. The first-order valence-corrected chi connectivity index (χ1v) is 4.30. The van der Waals surface area contributed by atoms with Crippen molar-refractivity contribution in [3.63, 3.8) is 0 Å². The van der Waals surface area contributed by atoms with Crippen LogP contribution < -0.4 is 9.47 Å². The molecular weight excluding hydrogens is 200 g/mol. The van der Waals surface area contributed by atoms with Crippen LogP contribution in [0.2, 0.25) is 0 Å². The van der Waals surface area contributed by atoms with Crippen LogP contribution in [0.25, 0.3) is 0 Å². The first-order valence-electron chi connectivity index (χ1n) is 4.30. The van der Waals surface area contributed by atoms with Gasteiger partial charge in [-0.2, -0.15) is 0 Å². The Morgan fingerprint density at radius 2 is 2.20 bits per heavy atom. The molecule has 0 radical (unpaired) electrons. The maximum Gasteiger partial charge on any atom is 0.511 e. The van der Waals surface area contributed by atoms with Gasteiger partial charge in [0.1, 0.15) is 6.29 Å². The lowest BCUT2D eigenvalue weighted by Crippen LogP contribution is -2.05. The Morgan fingerprint density at radius 3 is 2.73 bits per heavy atom. The van der Waals surface area contributed by atoms with Crippen LogP contribution in [0.4, 0.5) is 4.79 Å². The molecule has 80 valence electrons. The normalized spacial score (nSPS) is 9.40. The SMILES string of the molecule is CCOc1cc(C=O)ccc1OC(=O)O. The summed E-state index contributed by atoms with van der Waals surface area (Å²) in [6.45, 7) is 2.11. The van der Waals surface area contributed by atoms with Gasteiger partial charge in [-0.3, -0.25) is 4.79 Å². The molecule has 0 aromatic heterocycles. The monoisotopic (exact) mass is 210 g/mol. The van der Waals surface area contributed by atoms with Crippen LogP contribution >= 0.6 is 0 Å². The Hall–Kier alpha value is -2.04. The highest BCUT2D eigenvalue weighted by Gasteiger charge is 2.09. The molecule has 0 aliphatic rings. The van der Waals surface area contributed by atoms with Gasteiger partial charge in [0.2, 0.25) is 0 Å². The second kappa shape index (κ2) is 4.99. The van der Waals surface area contributed by atoms with Crippen molar-refractivity contribution in [2.24, 2.45) is 0 Å². The highest BCUT2D eigenvalue weighted by atomic mass is 16.7. The zero-order valence-corrected chi connectivity index (χ0v) is 8.10. The lowest BCUT2D eigenvalue weighted by atomic mass is 10.2. The van der Waals surface area contributed by atoms with Gasteiger partial charge in [-0.05, 0) is 25.1 Å². The van der Waals surface area contributed by atoms with Gasteiger partial charge in [-0.1, -0.05) is 0 Å². The molecule has 0 saturated heterocycles. The number of rotatable bonds is 4. The van der Waals surface area contributed by atoms with E-state index in [1.54, 1.807) is 6.92 Å².